The van der Waals surface area contributed by atoms with Gasteiger partial charge in [0.2, 0.25) is 5.91 Å². The van der Waals surface area contributed by atoms with E-state index in [1.54, 1.807) is 35.1 Å². The molecular formula is C18H21N5O3. The van der Waals surface area contributed by atoms with Crippen LogP contribution >= 0.6 is 0 Å². The summed E-state index contributed by atoms with van der Waals surface area (Å²) in [5.74, 6) is -0.0231. The molecule has 0 unspecified atom stereocenters. The summed E-state index contributed by atoms with van der Waals surface area (Å²) in [4.78, 5) is 31.2. The third-order valence-corrected chi connectivity index (χ3v) is 5.47. The highest BCUT2D eigenvalue weighted by molar-refractivity contribution is 5.95. The lowest BCUT2D eigenvalue weighted by atomic mass is 9.73. The second kappa shape index (κ2) is 6.53. The first-order valence-corrected chi connectivity index (χ1v) is 8.68. The number of likely N-dealkylation sites (tertiary alicyclic amines) is 1. The van der Waals surface area contributed by atoms with E-state index in [1.165, 1.54) is 6.33 Å². The molecule has 2 saturated heterocycles. The standard InChI is InChI=1S/C18H21N5O3/c1-19-17(25)18-6-7-26-9-14(18)8-22(10-18)16(24)13-2-4-15(5-3-13)23-12-20-11-21-23/h2-5,11-12,14H,6-10H2,1H3,(H,19,25)/t14-,18+/m1/s1. The summed E-state index contributed by atoms with van der Waals surface area (Å²) in [6, 6.07) is 7.24. The zero-order chi connectivity index (χ0) is 18.1. The Kier molecular flexibility index (Phi) is 4.20. The Morgan fingerprint density at radius 2 is 2.12 bits per heavy atom. The van der Waals surface area contributed by atoms with Gasteiger partial charge >= 0.3 is 0 Å². The van der Waals surface area contributed by atoms with Crippen molar-refractivity contribution in [1.82, 2.24) is 25.0 Å². The lowest BCUT2D eigenvalue weighted by Crippen LogP contribution is -2.49. The van der Waals surface area contributed by atoms with Crippen LogP contribution in [0.5, 0.6) is 0 Å². The van der Waals surface area contributed by atoms with E-state index >= 15 is 0 Å². The molecule has 3 heterocycles. The van der Waals surface area contributed by atoms with Gasteiger partial charge in [-0.2, -0.15) is 5.10 Å². The van der Waals surface area contributed by atoms with Crippen LogP contribution in [0.2, 0.25) is 0 Å². The van der Waals surface area contributed by atoms with Gasteiger partial charge in [0.15, 0.2) is 0 Å². The van der Waals surface area contributed by atoms with Crippen molar-refractivity contribution in [3.05, 3.63) is 42.5 Å². The monoisotopic (exact) mass is 355 g/mol. The van der Waals surface area contributed by atoms with E-state index in [4.69, 9.17) is 4.74 Å². The van der Waals surface area contributed by atoms with Gasteiger partial charge in [0, 0.05) is 38.2 Å². The zero-order valence-electron chi connectivity index (χ0n) is 14.6. The largest absolute Gasteiger partial charge is 0.381 e. The van der Waals surface area contributed by atoms with E-state index in [2.05, 4.69) is 15.4 Å². The number of amides is 2. The van der Waals surface area contributed by atoms with E-state index in [9.17, 15) is 9.59 Å². The van der Waals surface area contributed by atoms with Crippen LogP contribution in [-0.2, 0) is 9.53 Å². The molecule has 136 valence electrons. The summed E-state index contributed by atoms with van der Waals surface area (Å²) in [5, 5.41) is 6.85. The van der Waals surface area contributed by atoms with Crippen molar-refractivity contribution in [2.45, 2.75) is 6.42 Å². The van der Waals surface area contributed by atoms with Crippen LogP contribution in [-0.4, -0.2) is 64.8 Å². The summed E-state index contributed by atoms with van der Waals surface area (Å²) >= 11 is 0. The second-order valence-electron chi connectivity index (χ2n) is 6.83. The Hall–Kier alpha value is -2.74. The van der Waals surface area contributed by atoms with Gasteiger partial charge in [-0.1, -0.05) is 0 Å². The molecule has 0 spiro atoms. The number of rotatable bonds is 3. The Morgan fingerprint density at radius 1 is 1.31 bits per heavy atom. The van der Waals surface area contributed by atoms with Crippen LogP contribution < -0.4 is 5.32 Å². The van der Waals surface area contributed by atoms with Crippen molar-refractivity contribution >= 4 is 11.8 Å². The fraction of sp³-hybridized carbons (Fsp3) is 0.444. The number of nitrogens with one attached hydrogen (secondary N) is 1. The highest BCUT2D eigenvalue weighted by Crippen LogP contribution is 2.42. The van der Waals surface area contributed by atoms with Crippen molar-refractivity contribution in [2.75, 3.05) is 33.4 Å². The van der Waals surface area contributed by atoms with Crippen LogP contribution in [0.25, 0.3) is 5.69 Å². The van der Waals surface area contributed by atoms with E-state index in [1.807, 2.05) is 12.1 Å². The van der Waals surface area contributed by atoms with Crippen LogP contribution in [0.15, 0.2) is 36.9 Å². The zero-order valence-corrected chi connectivity index (χ0v) is 14.6. The van der Waals surface area contributed by atoms with Gasteiger partial charge in [-0.05, 0) is 30.7 Å². The predicted octanol–water partition coefficient (Wildman–Crippen LogP) is 0.492. The first-order valence-electron chi connectivity index (χ1n) is 8.68. The molecule has 1 aromatic carbocycles. The minimum absolute atomic E-state index is 0.00244. The number of ether oxygens (including phenoxy) is 1. The molecule has 26 heavy (non-hydrogen) atoms. The number of fused-ring (bicyclic) bond motifs is 1. The molecule has 1 N–H and O–H groups in total. The average molecular weight is 355 g/mol. The van der Waals surface area contributed by atoms with Crippen molar-refractivity contribution in [3.63, 3.8) is 0 Å². The van der Waals surface area contributed by atoms with Gasteiger partial charge in [0.05, 0.1) is 17.7 Å². The van der Waals surface area contributed by atoms with Gasteiger partial charge in [0.25, 0.3) is 5.91 Å². The molecule has 0 radical (unpaired) electrons. The molecule has 0 aliphatic carbocycles. The molecular weight excluding hydrogens is 334 g/mol. The number of nitrogens with zero attached hydrogens (tertiary/aromatic N) is 4. The smallest absolute Gasteiger partial charge is 0.253 e. The Bertz CT molecular complexity index is 805. The van der Waals surface area contributed by atoms with Crippen LogP contribution in [0.4, 0.5) is 0 Å². The Morgan fingerprint density at radius 3 is 2.81 bits per heavy atom. The summed E-state index contributed by atoms with van der Waals surface area (Å²) in [6.45, 7) is 2.04. The first-order chi connectivity index (χ1) is 12.6. The predicted molar refractivity (Wildman–Crippen MR) is 92.7 cm³/mol. The van der Waals surface area contributed by atoms with E-state index < -0.39 is 5.41 Å². The minimum atomic E-state index is -0.538. The van der Waals surface area contributed by atoms with Crippen molar-refractivity contribution in [2.24, 2.45) is 11.3 Å². The number of aromatic nitrogens is 3. The lowest BCUT2D eigenvalue weighted by molar-refractivity contribution is -0.138. The summed E-state index contributed by atoms with van der Waals surface area (Å²) in [6.07, 6.45) is 3.72. The molecule has 2 aliphatic rings. The molecule has 1 aromatic heterocycles. The maximum absolute atomic E-state index is 13.0. The average Bonchev–Trinajstić information content (AvgIpc) is 3.35. The van der Waals surface area contributed by atoms with Crippen molar-refractivity contribution < 1.29 is 14.3 Å². The summed E-state index contributed by atoms with van der Waals surface area (Å²) in [7, 11) is 1.65. The van der Waals surface area contributed by atoms with Gasteiger partial charge in [-0.3, -0.25) is 9.59 Å². The minimum Gasteiger partial charge on any atom is -0.381 e. The molecule has 8 heteroatoms. The van der Waals surface area contributed by atoms with E-state index in [0.717, 1.165) is 5.69 Å². The molecule has 4 rings (SSSR count). The fourth-order valence-corrected chi connectivity index (χ4v) is 4.01. The molecule has 0 bridgehead atoms. The SMILES string of the molecule is CNC(=O)[C@]12CCOC[C@H]1CN(C(=O)c1ccc(-n3cncn3)cc1)C2. The van der Waals surface area contributed by atoms with E-state index in [0.29, 0.717) is 38.3 Å². The quantitative estimate of drug-likeness (QED) is 0.866. The molecule has 2 aliphatic heterocycles. The molecule has 8 nitrogen and oxygen atoms in total. The summed E-state index contributed by atoms with van der Waals surface area (Å²) < 4.78 is 7.20. The summed E-state index contributed by atoms with van der Waals surface area (Å²) in [5.41, 5.74) is 0.897. The lowest BCUT2D eigenvalue weighted by Gasteiger charge is -2.36. The molecule has 2 aromatic rings. The maximum atomic E-state index is 13.0. The number of carbonyl (C=O) groups excluding carboxylic acids is 2. The van der Waals surface area contributed by atoms with Gasteiger partial charge < -0.3 is 15.0 Å². The normalized spacial score (nSPS) is 25.0. The number of hydrogen-bond acceptors (Lipinski definition) is 5. The van der Waals surface area contributed by atoms with Crippen LogP contribution in [0, 0.1) is 11.3 Å². The molecule has 2 fully saturated rings. The number of hydrogen-bond donors (Lipinski definition) is 1. The Labute approximate surface area is 151 Å². The Balaban J connectivity index is 1.54. The first kappa shape index (κ1) is 16.7. The number of benzene rings is 1. The maximum Gasteiger partial charge on any atom is 0.253 e. The molecule has 0 saturated carbocycles. The number of carbonyl (C=O) groups is 2. The third kappa shape index (κ3) is 2.66. The van der Waals surface area contributed by atoms with Crippen LogP contribution in [0.3, 0.4) is 0 Å². The van der Waals surface area contributed by atoms with Crippen molar-refractivity contribution in [3.8, 4) is 5.69 Å². The van der Waals surface area contributed by atoms with Crippen LogP contribution in [0.1, 0.15) is 16.8 Å². The van der Waals surface area contributed by atoms with E-state index in [-0.39, 0.29) is 17.7 Å². The second-order valence-corrected chi connectivity index (χ2v) is 6.83. The highest BCUT2D eigenvalue weighted by atomic mass is 16.5. The molecule has 2 atom stereocenters. The van der Waals surface area contributed by atoms with Gasteiger partial charge in [-0.25, -0.2) is 9.67 Å². The van der Waals surface area contributed by atoms with Gasteiger partial charge in [0.1, 0.15) is 12.7 Å². The topological polar surface area (TPSA) is 89.4 Å². The van der Waals surface area contributed by atoms with Crippen molar-refractivity contribution in [1.29, 1.82) is 0 Å². The molecule has 2 amide bonds. The van der Waals surface area contributed by atoms with Gasteiger partial charge in [-0.15, -0.1) is 0 Å². The third-order valence-electron chi connectivity index (χ3n) is 5.47. The highest BCUT2D eigenvalue weighted by Gasteiger charge is 2.54. The fourth-order valence-electron chi connectivity index (χ4n) is 4.01.